The molecule has 2 aromatic rings. The van der Waals surface area contributed by atoms with Crippen molar-refractivity contribution in [3.05, 3.63) is 62.7 Å². The van der Waals surface area contributed by atoms with Gasteiger partial charge in [-0.05, 0) is 50.1 Å². The fourth-order valence-electron chi connectivity index (χ4n) is 3.47. The zero-order valence-corrected chi connectivity index (χ0v) is 18.9. The van der Waals surface area contributed by atoms with Crippen molar-refractivity contribution in [2.24, 2.45) is 0 Å². The molecular formula is C20H20ClN3O7S. The van der Waals surface area contributed by atoms with Crippen molar-refractivity contribution in [1.29, 1.82) is 0 Å². The number of hydrogen-bond donors (Lipinski definition) is 1. The number of non-ortho nitro benzene ring substituents is 1. The summed E-state index contributed by atoms with van der Waals surface area (Å²) in [6.07, 6.45) is 0.331. The van der Waals surface area contributed by atoms with Gasteiger partial charge in [-0.15, -0.1) is 0 Å². The lowest BCUT2D eigenvalue weighted by molar-refractivity contribution is -0.384. The lowest BCUT2D eigenvalue weighted by Gasteiger charge is -2.22. The number of esters is 1. The summed E-state index contributed by atoms with van der Waals surface area (Å²) in [6.45, 7) is 3.11. The van der Waals surface area contributed by atoms with Crippen LogP contribution in [0.25, 0.3) is 0 Å². The van der Waals surface area contributed by atoms with Crippen molar-refractivity contribution in [1.82, 2.24) is 0 Å². The molecular weight excluding hydrogens is 462 g/mol. The number of carbonyl (C=O) groups excluding carboxylic acids is 2. The number of nitro benzene ring substituents is 1. The average Bonchev–Trinajstić information content (AvgIpc) is 3.04. The lowest BCUT2D eigenvalue weighted by atomic mass is 10.1. The van der Waals surface area contributed by atoms with Gasteiger partial charge < -0.3 is 10.1 Å². The van der Waals surface area contributed by atoms with E-state index < -0.39 is 32.9 Å². The molecule has 1 aliphatic heterocycles. The molecule has 12 heteroatoms. The van der Waals surface area contributed by atoms with Crippen molar-refractivity contribution in [2.45, 2.75) is 32.4 Å². The highest BCUT2D eigenvalue weighted by Crippen LogP contribution is 2.35. The molecule has 1 heterocycles. The van der Waals surface area contributed by atoms with Gasteiger partial charge in [-0.25, -0.2) is 13.2 Å². The number of carbonyl (C=O) groups is 2. The van der Waals surface area contributed by atoms with Crippen LogP contribution in [-0.2, 0) is 26.0 Å². The third-order valence-electron chi connectivity index (χ3n) is 4.90. The van der Waals surface area contributed by atoms with Crippen molar-refractivity contribution in [2.75, 3.05) is 15.9 Å². The summed E-state index contributed by atoms with van der Waals surface area (Å²) < 4.78 is 30.6. The lowest BCUT2D eigenvalue weighted by Crippen LogP contribution is -2.34. The van der Waals surface area contributed by atoms with E-state index in [0.29, 0.717) is 17.7 Å². The van der Waals surface area contributed by atoms with Gasteiger partial charge in [0.2, 0.25) is 10.0 Å². The number of nitrogens with one attached hydrogen (secondary N) is 1. The molecule has 2 atom stereocenters. The van der Waals surface area contributed by atoms with Gasteiger partial charge in [0.1, 0.15) is 0 Å². The SMILES string of the molecule is CC(OC(=O)c1ccc2c(c1)CC(C)N2S(C)(=O)=O)C(=O)Nc1cc([N+](=O)[O-])ccc1Cl. The molecule has 32 heavy (non-hydrogen) atoms. The highest BCUT2D eigenvalue weighted by molar-refractivity contribution is 7.92. The Morgan fingerprint density at radius 3 is 2.59 bits per heavy atom. The minimum absolute atomic E-state index is 0.0150. The Labute approximate surface area is 189 Å². The van der Waals surface area contributed by atoms with Gasteiger partial charge in [0.15, 0.2) is 6.10 Å². The number of halogens is 1. The molecule has 170 valence electrons. The maximum atomic E-state index is 12.5. The van der Waals surface area contributed by atoms with Crippen LogP contribution in [0.3, 0.4) is 0 Å². The zero-order chi connectivity index (χ0) is 23.8. The fourth-order valence-corrected chi connectivity index (χ4v) is 4.90. The number of rotatable bonds is 6. The van der Waals surface area contributed by atoms with Crippen LogP contribution in [0.2, 0.25) is 5.02 Å². The third-order valence-corrected chi connectivity index (χ3v) is 6.50. The molecule has 2 unspecified atom stereocenters. The molecule has 0 bridgehead atoms. The summed E-state index contributed by atoms with van der Waals surface area (Å²) in [5, 5.41) is 13.4. The molecule has 0 aromatic heterocycles. The first-order valence-electron chi connectivity index (χ1n) is 9.46. The Hall–Kier alpha value is -3.18. The van der Waals surface area contributed by atoms with Gasteiger partial charge in [0.25, 0.3) is 11.6 Å². The van der Waals surface area contributed by atoms with E-state index in [2.05, 4.69) is 5.32 Å². The first-order valence-corrected chi connectivity index (χ1v) is 11.7. The molecule has 0 fully saturated rings. The van der Waals surface area contributed by atoms with Crippen LogP contribution in [-0.4, -0.2) is 43.6 Å². The number of sulfonamides is 1. The summed E-state index contributed by atoms with van der Waals surface area (Å²) in [5.41, 5.74) is 1.10. The molecule has 0 saturated heterocycles. The van der Waals surface area contributed by atoms with Gasteiger partial charge in [-0.1, -0.05) is 11.6 Å². The van der Waals surface area contributed by atoms with Crippen LogP contribution < -0.4 is 9.62 Å². The normalized spacial score (nSPS) is 16.2. The first kappa shape index (κ1) is 23.5. The quantitative estimate of drug-likeness (QED) is 0.380. The van der Waals surface area contributed by atoms with E-state index in [9.17, 15) is 28.1 Å². The van der Waals surface area contributed by atoms with E-state index in [0.717, 1.165) is 12.3 Å². The summed E-state index contributed by atoms with van der Waals surface area (Å²) >= 11 is 5.97. The Balaban J connectivity index is 1.72. The molecule has 10 nitrogen and oxygen atoms in total. The van der Waals surface area contributed by atoms with Gasteiger partial charge in [-0.2, -0.15) is 0 Å². The standard InChI is InChI=1S/C20H20ClN3O7S/c1-11-8-14-9-13(4-7-18(14)23(11)32(3,29)30)20(26)31-12(2)19(25)22-17-10-15(24(27)28)5-6-16(17)21/h4-7,9-12H,8H2,1-3H3,(H,22,25). The minimum Gasteiger partial charge on any atom is -0.449 e. The van der Waals surface area contributed by atoms with Crippen molar-refractivity contribution < 1.29 is 27.7 Å². The molecule has 0 aliphatic carbocycles. The van der Waals surface area contributed by atoms with E-state index in [-0.39, 0.29) is 28.0 Å². The van der Waals surface area contributed by atoms with Crippen LogP contribution in [0.4, 0.5) is 17.1 Å². The highest BCUT2D eigenvalue weighted by atomic mass is 35.5. The highest BCUT2D eigenvalue weighted by Gasteiger charge is 2.33. The maximum absolute atomic E-state index is 12.5. The maximum Gasteiger partial charge on any atom is 0.338 e. The number of benzene rings is 2. The largest absolute Gasteiger partial charge is 0.449 e. The fraction of sp³-hybridized carbons (Fsp3) is 0.300. The van der Waals surface area contributed by atoms with E-state index in [1.807, 2.05) is 0 Å². The molecule has 0 spiro atoms. The van der Waals surface area contributed by atoms with Crippen molar-refractivity contribution in [3.8, 4) is 0 Å². The second-order valence-corrected chi connectivity index (χ2v) is 9.68. The monoisotopic (exact) mass is 481 g/mol. The van der Waals surface area contributed by atoms with E-state index in [1.165, 1.54) is 35.5 Å². The van der Waals surface area contributed by atoms with Crippen LogP contribution in [0.15, 0.2) is 36.4 Å². The van der Waals surface area contributed by atoms with Gasteiger partial charge in [-0.3, -0.25) is 19.2 Å². The number of fused-ring (bicyclic) bond motifs is 1. The Bertz CT molecular complexity index is 1220. The number of ether oxygens (including phenoxy) is 1. The van der Waals surface area contributed by atoms with Crippen molar-refractivity contribution in [3.63, 3.8) is 0 Å². The molecule has 1 aliphatic rings. The smallest absolute Gasteiger partial charge is 0.338 e. The topological polar surface area (TPSA) is 136 Å². The third kappa shape index (κ3) is 4.83. The van der Waals surface area contributed by atoms with Crippen LogP contribution in [0.5, 0.6) is 0 Å². The average molecular weight is 482 g/mol. The van der Waals surface area contributed by atoms with E-state index >= 15 is 0 Å². The molecule has 1 N–H and O–H groups in total. The number of hydrogen-bond acceptors (Lipinski definition) is 7. The molecule has 0 radical (unpaired) electrons. The van der Waals surface area contributed by atoms with Crippen LogP contribution >= 0.6 is 11.6 Å². The Kier molecular flexibility index (Phi) is 6.42. The number of anilines is 2. The molecule has 0 saturated carbocycles. The number of amides is 1. The molecule has 1 amide bonds. The Morgan fingerprint density at radius 1 is 1.28 bits per heavy atom. The van der Waals surface area contributed by atoms with E-state index in [1.54, 1.807) is 13.0 Å². The van der Waals surface area contributed by atoms with Gasteiger partial charge in [0.05, 0.1) is 33.1 Å². The second-order valence-electron chi connectivity index (χ2n) is 7.41. The summed E-state index contributed by atoms with van der Waals surface area (Å²) in [7, 11) is -3.46. The number of nitrogens with zero attached hydrogens (tertiary/aromatic N) is 2. The van der Waals surface area contributed by atoms with Gasteiger partial charge in [0, 0.05) is 18.2 Å². The van der Waals surface area contributed by atoms with E-state index in [4.69, 9.17) is 16.3 Å². The van der Waals surface area contributed by atoms with Crippen molar-refractivity contribution >= 4 is 50.6 Å². The summed E-state index contributed by atoms with van der Waals surface area (Å²) in [6, 6.07) is 7.79. The molecule has 2 aromatic carbocycles. The molecule has 3 rings (SSSR count). The summed E-state index contributed by atoms with van der Waals surface area (Å²) in [4.78, 5) is 35.2. The predicted octanol–water partition coefficient (Wildman–Crippen LogP) is 3.14. The number of nitro groups is 1. The van der Waals surface area contributed by atoms with Gasteiger partial charge >= 0.3 is 5.97 Å². The second kappa shape index (κ2) is 8.75. The first-order chi connectivity index (χ1) is 14.9. The van der Waals surface area contributed by atoms with Crippen LogP contribution in [0.1, 0.15) is 29.8 Å². The Morgan fingerprint density at radius 2 is 1.97 bits per heavy atom. The summed E-state index contributed by atoms with van der Waals surface area (Å²) in [5.74, 6) is -1.50. The van der Waals surface area contributed by atoms with Crippen LogP contribution in [0, 0.1) is 10.1 Å². The predicted molar refractivity (Wildman–Crippen MR) is 119 cm³/mol. The minimum atomic E-state index is -3.46. The zero-order valence-electron chi connectivity index (χ0n) is 17.4.